The zero-order valence-electron chi connectivity index (χ0n) is 8.38. The van der Waals surface area contributed by atoms with Gasteiger partial charge in [0.25, 0.3) is 5.69 Å². The minimum Gasteiger partial charge on any atom is -0.369 e. The summed E-state index contributed by atoms with van der Waals surface area (Å²) in [5.74, 6) is 3.08. The summed E-state index contributed by atoms with van der Waals surface area (Å²) >= 11 is 0. The zero-order chi connectivity index (χ0) is 12.1. The highest BCUT2D eigenvalue weighted by Crippen LogP contribution is 2.24. The quantitative estimate of drug-likeness (QED) is 0.488. The van der Waals surface area contributed by atoms with Crippen molar-refractivity contribution in [2.24, 2.45) is 0 Å². The molecule has 0 aliphatic rings. The molecule has 0 unspecified atom stereocenters. The van der Waals surface area contributed by atoms with Crippen molar-refractivity contribution in [3.63, 3.8) is 0 Å². The first-order valence-electron chi connectivity index (χ1n) is 4.33. The van der Waals surface area contributed by atoms with E-state index in [0.717, 1.165) is 0 Å². The molecule has 1 N–H and O–H groups in total. The Balaban J connectivity index is 3.01. The zero-order valence-corrected chi connectivity index (χ0v) is 8.38. The molecule has 1 rings (SSSR count). The number of rotatable bonds is 3. The average molecular weight is 226 g/mol. The van der Waals surface area contributed by atoms with Gasteiger partial charge >= 0.3 is 0 Å². The molecular formula is C10H8F2N2O2. The first-order chi connectivity index (χ1) is 7.56. The number of nitrogens with zero attached hydrogens (tertiary/aromatic N) is 1. The van der Waals surface area contributed by atoms with E-state index >= 15 is 0 Å². The highest BCUT2D eigenvalue weighted by molar-refractivity contribution is 5.52. The minimum atomic E-state index is -1.01. The molecule has 0 radical (unpaired) electrons. The Bertz CT molecular complexity index is 454. The third kappa shape index (κ3) is 2.67. The second kappa shape index (κ2) is 5.07. The van der Waals surface area contributed by atoms with Crippen LogP contribution in [-0.2, 0) is 0 Å². The van der Waals surface area contributed by atoms with Crippen LogP contribution in [0.15, 0.2) is 12.1 Å². The van der Waals surface area contributed by atoms with Crippen molar-refractivity contribution in [1.82, 2.24) is 0 Å². The number of anilines is 1. The molecule has 84 valence electrons. The van der Waals surface area contributed by atoms with E-state index in [9.17, 15) is 18.9 Å². The molecule has 0 aliphatic carbocycles. The van der Waals surface area contributed by atoms with E-state index in [1.54, 1.807) is 6.92 Å². The predicted molar refractivity (Wildman–Crippen MR) is 55.0 cm³/mol. The van der Waals surface area contributed by atoms with Crippen LogP contribution in [0.5, 0.6) is 0 Å². The molecule has 0 heterocycles. The molecule has 1 aromatic carbocycles. The second-order valence-corrected chi connectivity index (χ2v) is 2.82. The Morgan fingerprint density at radius 1 is 1.44 bits per heavy atom. The topological polar surface area (TPSA) is 55.2 Å². The first-order valence-corrected chi connectivity index (χ1v) is 4.33. The molecule has 4 nitrogen and oxygen atoms in total. The summed E-state index contributed by atoms with van der Waals surface area (Å²) in [5, 5.41) is 12.7. The molecule has 0 atom stereocenters. The van der Waals surface area contributed by atoms with Crippen molar-refractivity contribution in [3.05, 3.63) is 33.9 Å². The Hall–Kier alpha value is -2.16. The summed E-state index contributed by atoms with van der Waals surface area (Å²) in [5.41, 5.74) is -1.03. The Labute approximate surface area is 90.4 Å². The molecule has 0 fully saturated rings. The van der Waals surface area contributed by atoms with E-state index in [2.05, 4.69) is 17.2 Å². The van der Waals surface area contributed by atoms with Crippen LogP contribution in [0.3, 0.4) is 0 Å². The van der Waals surface area contributed by atoms with Gasteiger partial charge in [-0.25, -0.2) is 8.78 Å². The molecule has 0 amide bonds. The average Bonchev–Trinajstić information content (AvgIpc) is 2.21. The molecule has 6 heteroatoms. The van der Waals surface area contributed by atoms with Gasteiger partial charge in [-0.05, 0) is 6.92 Å². The number of hydrogen-bond acceptors (Lipinski definition) is 3. The van der Waals surface area contributed by atoms with Crippen LogP contribution in [0.1, 0.15) is 6.92 Å². The van der Waals surface area contributed by atoms with Gasteiger partial charge in [0.2, 0.25) is 0 Å². The van der Waals surface area contributed by atoms with Crippen molar-refractivity contribution >= 4 is 11.4 Å². The van der Waals surface area contributed by atoms with Crippen molar-refractivity contribution in [1.29, 1.82) is 0 Å². The smallest absolute Gasteiger partial charge is 0.275 e. The van der Waals surface area contributed by atoms with Crippen LogP contribution < -0.4 is 5.32 Å². The molecule has 0 saturated heterocycles. The van der Waals surface area contributed by atoms with E-state index in [1.807, 2.05) is 0 Å². The van der Waals surface area contributed by atoms with Crippen LogP contribution in [0.2, 0.25) is 0 Å². The maximum atomic E-state index is 13.2. The van der Waals surface area contributed by atoms with E-state index < -0.39 is 27.9 Å². The highest BCUT2D eigenvalue weighted by atomic mass is 19.1. The van der Waals surface area contributed by atoms with Crippen LogP contribution >= 0.6 is 0 Å². The number of hydrogen-bond donors (Lipinski definition) is 1. The molecule has 0 bridgehead atoms. The van der Waals surface area contributed by atoms with Crippen LogP contribution in [0.4, 0.5) is 20.2 Å². The second-order valence-electron chi connectivity index (χ2n) is 2.82. The molecule has 1 aromatic rings. The van der Waals surface area contributed by atoms with Crippen LogP contribution in [0.25, 0.3) is 0 Å². The van der Waals surface area contributed by atoms with E-state index in [1.165, 1.54) is 0 Å². The Kier molecular flexibility index (Phi) is 3.78. The Morgan fingerprint density at radius 2 is 2.00 bits per heavy atom. The molecule has 0 spiro atoms. The van der Waals surface area contributed by atoms with Gasteiger partial charge in [-0.3, -0.25) is 10.1 Å². The van der Waals surface area contributed by atoms with Crippen molar-refractivity contribution in [2.45, 2.75) is 6.92 Å². The Morgan fingerprint density at radius 3 is 2.44 bits per heavy atom. The number of nitro benzene ring substituents is 1. The molecule has 16 heavy (non-hydrogen) atoms. The fraction of sp³-hybridized carbons (Fsp3) is 0.200. The first kappa shape index (κ1) is 11.9. The summed E-state index contributed by atoms with van der Waals surface area (Å²) in [6.07, 6.45) is 0. The number of nitrogens with one attached hydrogen (secondary N) is 1. The summed E-state index contributed by atoms with van der Waals surface area (Å²) < 4.78 is 26.5. The van der Waals surface area contributed by atoms with Gasteiger partial charge in [-0.2, -0.15) is 0 Å². The van der Waals surface area contributed by atoms with E-state index in [0.29, 0.717) is 12.1 Å². The number of halogens is 2. The maximum Gasteiger partial charge on any atom is 0.275 e. The largest absolute Gasteiger partial charge is 0.369 e. The number of non-ortho nitro benzene ring substituents is 1. The van der Waals surface area contributed by atoms with Crippen LogP contribution in [0, 0.1) is 33.6 Å². The van der Waals surface area contributed by atoms with Crippen LogP contribution in [-0.4, -0.2) is 11.5 Å². The lowest BCUT2D eigenvalue weighted by Crippen LogP contribution is -2.04. The lowest BCUT2D eigenvalue weighted by molar-refractivity contribution is -0.385. The van der Waals surface area contributed by atoms with Gasteiger partial charge in [0, 0.05) is 0 Å². The summed E-state index contributed by atoms with van der Waals surface area (Å²) in [7, 11) is 0. The molecular weight excluding hydrogens is 218 g/mol. The van der Waals surface area contributed by atoms with E-state index in [4.69, 9.17) is 0 Å². The standard InChI is InChI=1S/C10H8F2N2O2/c1-2-3-4-13-10-8(11)5-7(14(15)16)6-9(10)12/h5-6,13H,4H2,1H3. The third-order valence-corrected chi connectivity index (χ3v) is 1.77. The van der Waals surface area contributed by atoms with Crippen molar-refractivity contribution in [3.8, 4) is 11.8 Å². The van der Waals surface area contributed by atoms with Crippen molar-refractivity contribution < 1.29 is 13.7 Å². The summed E-state index contributed by atoms with van der Waals surface area (Å²) in [6.45, 7) is 1.66. The lowest BCUT2D eigenvalue weighted by atomic mass is 10.2. The lowest BCUT2D eigenvalue weighted by Gasteiger charge is -2.05. The number of benzene rings is 1. The van der Waals surface area contributed by atoms with Crippen molar-refractivity contribution in [2.75, 3.05) is 11.9 Å². The fourth-order valence-electron chi connectivity index (χ4n) is 1.06. The SMILES string of the molecule is CC#CCNc1c(F)cc([N+](=O)[O-])cc1F. The van der Waals surface area contributed by atoms with Gasteiger partial charge in [-0.15, -0.1) is 5.92 Å². The molecule has 0 aromatic heterocycles. The number of nitro groups is 1. The van der Waals surface area contributed by atoms with Gasteiger partial charge in [-0.1, -0.05) is 5.92 Å². The molecule has 0 aliphatic heterocycles. The summed E-state index contributed by atoms with van der Waals surface area (Å²) in [6, 6.07) is 1.32. The summed E-state index contributed by atoms with van der Waals surface area (Å²) in [4.78, 5) is 9.45. The highest BCUT2D eigenvalue weighted by Gasteiger charge is 2.16. The van der Waals surface area contributed by atoms with Gasteiger partial charge in [0.05, 0.1) is 23.6 Å². The molecule has 0 saturated carbocycles. The van der Waals surface area contributed by atoms with E-state index in [-0.39, 0.29) is 6.54 Å². The van der Waals surface area contributed by atoms with Gasteiger partial charge < -0.3 is 5.32 Å². The monoisotopic (exact) mass is 226 g/mol. The minimum absolute atomic E-state index is 0.0716. The van der Waals surface area contributed by atoms with Gasteiger partial charge in [0.1, 0.15) is 5.69 Å². The maximum absolute atomic E-state index is 13.2. The normalized spacial score (nSPS) is 9.19. The van der Waals surface area contributed by atoms with Gasteiger partial charge in [0.15, 0.2) is 11.6 Å². The third-order valence-electron chi connectivity index (χ3n) is 1.77. The predicted octanol–water partition coefficient (Wildman–Crippen LogP) is 2.31. The fourth-order valence-corrected chi connectivity index (χ4v) is 1.06.